The van der Waals surface area contributed by atoms with E-state index in [0.717, 1.165) is 12.8 Å². The van der Waals surface area contributed by atoms with Gasteiger partial charge >= 0.3 is 12.0 Å². The van der Waals surface area contributed by atoms with Gasteiger partial charge in [0.1, 0.15) is 0 Å². The molecule has 2 amide bonds. The number of urea groups is 1. The van der Waals surface area contributed by atoms with Crippen LogP contribution in [0.4, 0.5) is 4.79 Å². The van der Waals surface area contributed by atoms with Gasteiger partial charge in [0.05, 0.1) is 6.42 Å². The van der Waals surface area contributed by atoms with Crippen molar-refractivity contribution in [3.8, 4) is 0 Å². The highest BCUT2D eigenvalue weighted by Crippen LogP contribution is 2.34. The number of carbonyl (C=O) groups is 2. The average Bonchev–Trinajstić information content (AvgIpc) is 3.12. The molecule has 7 heteroatoms. The van der Waals surface area contributed by atoms with Crippen LogP contribution in [-0.4, -0.2) is 56.9 Å². The fourth-order valence-electron chi connectivity index (χ4n) is 2.11. The van der Waals surface area contributed by atoms with Crippen LogP contribution < -0.4 is 5.32 Å². The molecule has 0 radical (unpaired) electrons. The van der Waals surface area contributed by atoms with Crippen LogP contribution in [-0.2, 0) is 15.6 Å². The third kappa shape index (κ3) is 3.69. The van der Waals surface area contributed by atoms with Crippen LogP contribution in [0.5, 0.6) is 0 Å². The van der Waals surface area contributed by atoms with Crippen molar-refractivity contribution in [2.75, 3.05) is 24.6 Å². The molecule has 2 aliphatic rings. The number of rotatable bonds is 4. The molecular weight excluding hydrogens is 256 g/mol. The van der Waals surface area contributed by atoms with Crippen molar-refractivity contribution in [1.82, 2.24) is 10.2 Å². The van der Waals surface area contributed by atoms with Gasteiger partial charge in [-0.2, -0.15) is 0 Å². The molecule has 1 aliphatic heterocycles. The summed E-state index contributed by atoms with van der Waals surface area (Å²) in [6.45, 7) is 0.978. The lowest BCUT2D eigenvalue weighted by atomic mass is 10.1. The number of hydrogen-bond donors (Lipinski definition) is 2. The number of carboxylic acids is 1. The Hall–Kier alpha value is -1.11. The smallest absolute Gasteiger partial charge is 0.317 e. The van der Waals surface area contributed by atoms with Crippen LogP contribution in [0.3, 0.4) is 0 Å². The molecule has 0 aromatic heterocycles. The molecule has 18 heavy (non-hydrogen) atoms. The van der Waals surface area contributed by atoms with Crippen molar-refractivity contribution in [2.45, 2.75) is 25.3 Å². The van der Waals surface area contributed by atoms with Gasteiger partial charge in [-0.25, -0.2) is 4.79 Å². The van der Waals surface area contributed by atoms with Gasteiger partial charge in [-0.1, -0.05) is 0 Å². The van der Waals surface area contributed by atoms with Crippen molar-refractivity contribution < 1.29 is 18.9 Å². The van der Waals surface area contributed by atoms with Crippen LogP contribution in [0, 0.1) is 5.92 Å². The largest absolute Gasteiger partial charge is 0.481 e. The molecule has 1 atom stereocenters. The second-order valence-corrected chi connectivity index (χ2v) is 6.52. The highest BCUT2D eigenvalue weighted by molar-refractivity contribution is 7.85. The minimum atomic E-state index is -0.882. The Morgan fingerprint density at radius 2 is 1.94 bits per heavy atom. The van der Waals surface area contributed by atoms with Crippen molar-refractivity contribution in [1.29, 1.82) is 0 Å². The normalized spacial score (nSPS) is 22.6. The Kier molecular flexibility index (Phi) is 4.21. The number of aliphatic carboxylic acids is 1. The van der Waals surface area contributed by atoms with Crippen LogP contribution in [0.1, 0.15) is 19.3 Å². The molecule has 102 valence electrons. The number of nitrogens with zero attached hydrogens (tertiary/aromatic N) is 1. The first kappa shape index (κ1) is 13.3. The number of hydrogen-bond acceptors (Lipinski definition) is 3. The van der Waals surface area contributed by atoms with Crippen molar-refractivity contribution in [2.24, 2.45) is 5.92 Å². The Morgan fingerprint density at radius 3 is 2.44 bits per heavy atom. The topological polar surface area (TPSA) is 86.7 Å². The summed E-state index contributed by atoms with van der Waals surface area (Å²) in [6, 6.07) is -0.479. The van der Waals surface area contributed by atoms with E-state index >= 15 is 0 Å². The molecule has 0 aromatic rings. The zero-order valence-electron chi connectivity index (χ0n) is 10.1. The van der Waals surface area contributed by atoms with E-state index in [-0.39, 0.29) is 18.5 Å². The van der Waals surface area contributed by atoms with Crippen LogP contribution >= 0.6 is 0 Å². The van der Waals surface area contributed by atoms with Gasteiger partial charge in [0.15, 0.2) is 0 Å². The monoisotopic (exact) mass is 274 g/mol. The van der Waals surface area contributed by atoms with Gasteiger partial charge in [0.25, 0.3) is 0 Å². The van der Waals surface area contributed by atoms with Gasteiger partial charge in [-0.05, 0) is 18.8 Å². The highest BCUT2D eigenvalue weighted by Gasteiger charge is 2.34. The predicted molar refractivity (Wildman–Crippen MR) is 66.7 cm³/mol. The SMILES string of the molecule is O=C(O)CC(NC(=O)N1CCS(=O)CC1)C1CC1. The molecule has 1 unspecified atom stereocenters. The van der Waals surface area contributed by atoms with Gasteiger partial charge in [-0.15, -0.1) is 0 Å². The minimum Gasteiger partial charge on any atom is -0.481 e. The highest BCUT2D eigenvalue weighted by atomic mass is 32.2. The maximum absolute atomic E-state index is 12.0. The van der Waals surface area contributed by atoms with Gasteiger partial charge < -0.3 is 15.3 Å². The first-order valence-electron chi connectivity index (χ1n) is 6.18. The second-order valence-electron chi connectivity index (χ2n) is 4.83. The molecule has 0 spiro atoms. The molecule has 1 saturated heterocycles. The van der Waals surface area contributed by atoms with E-state index in [9.17, 15) is 13.8 Å². The zero-order valence-corrected chi connectivity index (χ0v) is 10.9. The number of carbonyl (C=O) groups excluding carboxylic acids is 1. The minimum absolute atomic E-state index is 0.0177. The number of nitrogens with one attached hydrogen (secondary N) is 1. The van der Waals surface area contributed by atoms with E-state index in [1.807, 2.05) is 0 Å². The van der Waals surface area contributed by atoms with Crippen molar-refractivity contribution >= 4 is 22.8 Å². The van der Waals surface area contributed by atoms with Gasteiger partial charge in [0, 0.05) is 41.4 Å². The van der Waals surface area contributed by atoms with Crippen LogP contribution in [0.25, 0.3) is 0 Å². The van der Waals surface area contributed by atoms with E-state index in [0.29, 0.717) is 30.5 Å². The maximum atomic E-state index is 12.0. The fourth-order valence-corrected chi connectivity index (χ4v) is 3.17. The Balaban J connectivity index is 1.84. The van der Waals surface area contributed by atoms with E-state index in [1.165, 1.54) is 0 Å². The summed E-state index contributed by atoms with van der Waals surface area (Å²) in [5, 5.41) is 11.6. The Bertz CT molecular complexity index is 360. The third-order valence-electron chi connectivity index (χ3n) is 3.36. The summed E-state index contributed by atoms with van der Waals surface area (Å²) in [5.74, 6) is 0.455. The molecule has 2 rings (SSSR count). The third-order valence-corrected chi connectivity index (χ3v) is 4.64. The predicted octanol–water partition coefficient (Wildman–Crippen LogP) is 0.0136. The first-order valence-corrected chi connectivity index (χ1v) is 7.67. The molecular formula is C11H18N2O4S. The molecule has 1 aliphatic carbocycles. The van der Waals surface area contributed by atoms with E-state index < -0.39 is 16.8 Å². The molecule has 2 fully saturated rings. The van der Waals surface area contributed by atoms with Crippen LogP contribution in [0.15, 0.2) is 0 Å². The lowest BCUT2D eigenvalue weighted by Crippen LogP contribution is -2.50. The lowest BCUT2D eigenvalue weighted by molar-refractivity contribution is -0.137. The molecule has 0 bridgehead atoms. The summed E-state index contributed by atoms with van der Waals surface area (Å²) in [5.41, 5.74) is 0. The van der Waals surface area contributed by atoms with Gasteiger partial charge in [0.2, 0.25) is 0 Å². The van der Waals surface area contributed by atoms with E-state index in [1.54, 1.807) is 4.90 Å². The standard InChI is InChI=1S/C11H18N2O4S/c14-10(15)7-9(8-1-2-8)12-11(16)13-3-5-18(17)6-4-13/h8-9H,1-7H2,(H,12,16)(H,14,15). The molecule has 6 nitrogen and oxygen atoms in total. The molecule has 2 N–H and O–H groups in total. The Labute approximate surface area is 108 Å². The second kappa shape index (κ2) is 5.69. The summed E-state index contributed by atoms with van der Waals surface area (Å²) < 4.78 is 11.2. The first-order chi connectivity index (χ1) is 8.56. The molecule has 0 aromatic carbocycles. The van der Waals surface area contributed by atoms with Crippen molar-refractivity contribution in [3.63, 3.8) is 0 Å². The van der Waals surface area contributed by atoms with Crippen molar-refractivity contribution in [3.05, 3.63) is 0 Å². The Morgan fingerprint density at radius 1 is 1.33 bits per heavy atom. The lowest BCUT2D eigenvalue weighted by Gasteiger charge is -2.28. The number of carboxylic acid groups (broad SMARTS) is 1. The number of amides is 2. The summed E-state index contributed by atoms with van der Waals surface area (Å²) >= 11 is 0. The van der Waals surface area contributed by atoms with E-state index in [2.05, 4.69) is 5.32 Å². The molecule has 1 heterocycles. The summed E-state index contributed by atoms with van der Waals surface area (Å²) in [4.78, 5) is 24.3. The van der Waals surface area contributed by atoms with Gasteiger partial charge in [-0.3, -0.25) is 9.00 Å². The molecule has 1 saturated carbocycles. The van der Waals surface area contributed by atoms with Crippen LogP contribution in [0.2, 0.25) is 0 Å². The quantitative estimate of drug-likeness (QED) is 0.756. The fraction of sp³-hybridized carbons (Fsp3) is 0.818. The maximum Gasteiger partial charge on any atom is 0.317 e. The zero-order chi connectivity index (χ0) is 13.1. The average molecular weight is 274 g/mol. The van der Waals surface area contributed by atoms with E-state index in [4.69, 9.17) is 5.11 Å². The summed E-state index contributed by atoms with van der Waals surface area (Å²) in [7, 11) is -0.811. The summed E-state index contributed by atoms with van der Waals surface area (Å²) in [6.07, 6.45) is 1.96.